The largest absolute Gasteiger partial charge is 0.314 e. The quantitative estimate of drug-likeness (QED) is 0.814. The van der Waals surface area contributed by atoms with Gasteiger partial charge in [-0.3, -0.25) is 0 Å². The molecular weight excluding hydrogens is 201 g/mol. The Labute approximate surface area is 88.3 Å². The first kappa shape index (κ1) is 9.94. The summed E-state index contributed by atoms with van der Waals surface area (Å²) in [6, 6.07) is 4.85. The van der Waals surface area contributed by atoms with Crippen LogP contribution in [0.2, 0.25) is 5.02 Å². The van der Waals surface area contributed by atoms with Crippen molar-refractivity contribution >= 4 is 11.6 Å². The maximum absolute atomic E-state index is 13.4. The first-order valence-corrected chi connectivity index (χ1v) is 5.16. The zero-order valence-electron chi connectivity index (χ0n) is 8.11. The highest BCUT2D eigenvalue weighted by molar-refractivity contribution is 6.31. The third kappa shape index (κ3) is 1.77. The highest BCUT2D eigenvalue weighted by Crippen LogP contribution is 2.39. The second kappa shape index (κ2) is 3.52. The summed E-state index contributed by atoms with van der Waals surface area (Å²) in [5.74, 6) is -0.195. The normalized spacial score (nSPS) is 18.2. The predicted octanol–water partition coefficient (Wildman–Crippen LogP) is 2.77. The number of hydrogen-bond acceptors (Lipinski definition) is 1. The molecule has 76 valence electrons. The van der Waals surface area contributed by atoms with Crippen LogP contribution < -0.4 is 5.32 Å². The third-order valence-electron chi connectivity index (χ3n) is 2.96. The molecule has 2 rings (SSSR count). The third-order valence-corrected chi connectivity index (χ3v) is 3.31. The molecule has 0 heterocycles. The zero-order valence-corrected chi connectivity index (χ0v) is 8.87. The monoisotopic (exact) mass is 213 g/mol. The predicted molar refractivity (Wildman–Crippen MR) is 56.1 cm³/mol. The number of rotatable bonds is 3. The van der Waals surface area contributed by atoms with Crippen LogP contribution in [0.3, 0.4) is 0 Å². The molecule has 1 aromatic rings. The first-order valence-electron chi connectivity index (χ1n) is 4.79. The summed E-state index contributed by atoms with van der Waals surface area (Å²) >= 11 is 5.95. The van der Waals surface area contributed by atoms with Crippen molar-refractivity contribution in [1.82, 2.24) is 5.32 Å². The number of likely N-dealkylation sites (N-methyl/N-ethyl adjacent to an activating group) is 1. The molecule has 0 aromatic heterocycles. The van der Waals surface area contributed by atoms with E-state index in [4.69, 9.17) is 11.6 Å². The fraction of sp³-hybridized carbons (Fsp3) is 0.455. The van der Waals surface area contributed by atoms with Crippen molar-refractivity contribution < 1.29 is 4.39 Å². The van der Waals surface area contributed by atoms with Crippen molar-refractivity contribution in [3.05, 3.63) is 34.6 Å². The van der Waals surface area contributed by atoms with Gasteiger partial charge in [-0.25, -0.2) is 4.39 Å². The Morgan fingerprint density at radius 2 is 2.21 bits per heavy atom. The fourth-order valence-electron chi connectivity index (χ4n) is 1.71. The van der Waals surface area contributed by atoms with E-state index in [-0.39, 0.29) is 11.4 Å². The van der Waals surface area contributed by atoms with Crippen molar-refractivity contribution in [3.8, 4) is 0 Å². The van der Waals surface area contributed by atoms with Gasteiger partial charge in [0, 0.05) is 16.1 Å². The second-order valence-electron chi connectivity index (χ2n) is 3.91. The van der Waals surface area contributed by atoms with Gasteiger partial charge >= 0.3 is 0 Å². The molecule has 1 aliphatic carbocycles. The van der Waals surface area contributed by atoms with E-state index in [0.29, 0.717) is 17.0 Å². The molecule has 14 heavy (non-hydrogen) atoms. The Kier molecular flexibility index (Phi) is 2.50. The van der Waals surface area contributed by atoms with Crippen LogP contribution in [-0.2, 0) is 6.42 Å². The van der Waals surface area contributed by atoms with Gasteiger partial charge in [-0.2, -0.15) is 0 Å². The molecule has 3 heteroatoms. The summed E-state index contributed by atoms with van der Waals surface area (Å²) in [6.07, 6.45) is 2.90. The van der Waals surface area contributed by atoms with Crippen LogP contribution in [0.5, 0.6) is 0 Å². The SMILES string of the molecule is CNC1(Cc2c(F)cccc2Cl)CC1. The summed E-state index contributed by atoms with van der Waals surface area (Å²) in [7, 11) is 1.92. The average Bonchev–Trinajstić information content (AvgIpc) is 2.93. The van der Waals surface area contributed by atoms with E-state index in [0.717, 1.165) is 12.8 Å². The Morgan fingerprint density at radius 3 is 2.71 bits per heavy atom. The molecule has 1 aliphatic rings. The highest BCUT2D eigenvalue weighted by Gasteiger charge is 2.41. The van der Waals surface area contributed by atoms with Gasteiger partial charge in [-0.1, -0.05) is 17.7 Å². The van der Waals surface area contributed by atoms with E-state index in [1.54, 1.807) is 12.1 Å². The van der Waals surface area contributed by atoms with E-state index >= 15 is 0 Å². The van der Waals surface area contributed by atoms with Crippen molar-refractivity contribution in [2.24, 2.45) is 0 Å². The van der Waals surface area contributed by atoms with Crippen molar-refractivity contribution in [3.63, 3.8) is 0 Å². The fourth-order valence-corrected chi connectivity index (χ4v) is 1.94. The molecule has 0 radical (unpaired) electrons. The Balaban J connectivity index is 2.24. The van der Waals surface area contributed by atoms with Gasteiger partial charge in [-0.15, -0.1) is 0 Å². The summed E-state index contributed by atoms with van der Waals surface area (Å²) in [4.78, 5) is 0. The van der Waals surface area contributed by atoms with E-state index in [1.165, 1.54) is 6.07 Å². The van der Waals surface area contributed by atoms with Gasteiger partial charge in [0.05, 0.1) is 0 Å². The molecule has 1 nitrogen and oxygen atoms in total. The summed E-state index contributed by atoms with van der Waals surface area (Å²) in [5.41, 5.74) is 0.743. The lowest BCUT2D eigenvalue weighted by Crippen LogP contribution is -2.30. The summed E-state index contributed by atoms with van der Waals surface area (Å²) in [5, 5.41) is 3.76. The van der Waals surface area contributed by atoms with Crippen LogP contribution in [0.1, 0.15) is 18.4 Å². The van der Waals surface area contributed by atoms with Crippen LogP contribution in [-0.4, -0.2) is 12.6 Å². The number of hydrogen-bond donors (Lipinski definition) is 1. The molecule has 0 saturated heterocycles. The lowest BCUT2D eigenvalue weighted by atomic mass is 10.0. The van der Waals surface area contributed by atoms with Gasteiger partial charge in [0.1, 0.15) is 5.82 Å². The molecule has 1 fully saturated rings. The maximum atomic E-state index is 13.4. The molecule has 0 bridgehead atoms. The molecule has 1 N–H and O–H groups in total. The molecule has 0 spiro atoms. The number of benzene rings is 1. The number of halogens is 2. The Hall–Kier alpha value is -0.600. The van der Waals surface area contributed by atoms with Crippen molar-refractivity contribution in [1.29, 1.82) is 0 Å². The Morgan fingerprint density at radius 1 is 1.50 bits per heavy atom. The molecule has 0 aliphatic heterocycles. The van der Waals surface area contributed by atoms with Crippen LogP contribution in [0.4, 0.5) is 4.39 Å². The number of nitrogens with one attached hydrogen (secondary N) is 1. The van der Waals surface area contributed by atoms with Crippen LogP contribution in [0.25, 0.3) is 0 Å². The minimum Gasteiger partial charge on any atom is -0.314 e. The highest BCUT2D eigenvalue weighted by atomic mass is 35.5. The molecule has 1 saturated carbocycles. The maximum Gasteiger partial charge on any atom is 0.127 e. The molecule has 0 atom stereocenters. The summed E-state index contributed by atoms with van der Waals surface area (Å²) in [6.45, 7) is 0. The molecule has 1 aromatic carbocycles. The lowest BCUT2D eigenvalue weighted by Gasteiger charge is -2.15. The Bertz CT molecular complexity index is 327. The first-order chi connectivity index (χ1) is 6.67. The van der Waals surface area contributed by atoms with Gasteiger partial charge in [0.25, 0.3) is 0 Å². The van der Waals surface area contributed by atoms with Crippen molar-refractivity contribution in [2.75, 3.05) is 7.05 Å². The minimum absolute atomic E-state index is 0.103. The molecular formula is C11H13ClFN. The average molecular weight is 214 g/mol. The van der Waals surface area contributed by atoms with E-state index in [2.05, 4.69) is 5.32 Å². The standard InChI is InChI=1S/C11H13ClFN/c1-14-11(5-6-11)7-8-9(12)3-2-4-10(8)13/h2-4,14H,5-7H2,1H3. The van der Waals surface area contributed by atoms with E-state index in [1.807, 2.05) is 7.05 Å². The van der Waals surface area contributed by atoms with Gasteiger partial charge < -0.3 is 5.32 Å². The minimum atomic E-state index is -0.195. The van der Waals surface area contributed by atoms with Crippen LogP contribution >= 0.6 is 11.6 Å². The van der Waals surface area contributed by atoms with Crippen LogP contribution in [0, 0.1) is 5.82 Å². The lowest BCUT2D eigenvalue weighted by molar-refractivity contribution is 0.524. The zero-order chi connectivity index (χ0) is 10.2. The molecule has 0 unspecified atom stereocenters. The van der Waals surface area contributed by atoms with E-state index < -0.39 is 0 Å². The topological polar surface area (TPSA) is 12.0 Å². The van der Waals surface area contributed by atoms with Crippen LogP contribution in [0.15, 0.2) is 18.2 Å². The van der Waals surface area contributed by atoms with Crippen molar-refractivity contribution in [2.45, 2.75) is 24.8 Å². The van der Waals surface area contributed by atoms with E-state index in [9.17, 15) is 4.39 Å². The second-order valence-corrected chi connectivity index (χ2v) is 4.31. The van der Waals surface area contributed by atoms with Gasteiger partial charge in [-0.05, 0) is 38.4 Å². The smallest absolute Gasteiger partial charge is 0.127 e. The van der Waals surface area contributed by atoms with Gasteiger partial charge in [0.15, 0.2) is 0 Å². The summed E-state index contributed by atoms with van der Waals surface area (Å²) < 4.78 is 13.4. The molecule has 0 amide bonds. The van der Waals surface area contributed by atoms with Gasteiger partial charge in [0.2, 0.25) is 0 Å².